The lowest BCUT2D eigenvalue weighted by atomic mass is 10.1. The van der Waals surface area contributed by atoms with E-state index in [1.807, 2.05) is 13.8 Å². The first-order valence-corrected chi connectivity index (χ1v) is 19.5. The highest BCUT2D eigenvalue weighted by molar-refractivity contribution is 6.83. The molecule has 2 aromatic carbocycles. The van der Waals surface area contributed by atoms with Crippen LogP contribution in [0.15, 0.2) is 6.07 Å². The fraction of sp³-hybridized carbons (Fsp3) is 0.655. The molecule has 38 heavy (non-hydrogen) atoms. The van der Waals surface area contributed by atoms with E-state index in [9.17, 15) is 13.2 Å². The molecule has 1 unspecified atom stereocenters. The lowest BCUT2D eigenvalue weighted by molar-refractivity contribution is 0.406. The first-order valence-electron chi connectivity index (χ1n) is 14.3. The van der Waals surface area contributed by atoms with Crippen molar-refractivity contribution in [1.82, 2.24) is 0 Å². The molecular formula is C29H44F6OSi2. The molecule has 2 rings (SSSR count). The van der Waals surface area contributed by atoms with Crippen molar-refractivity contribution in [3.63, 3.8) is 0 Å². The summed E-state index contributed by atoms with van der Waals surface area (Å²) in [6, 6.07) is 5.64. The van der Waals surface area contributed by atoms with Gasteiger partial charge in [0.2, 0.25) is 5.82 Å². The number of fused-ring (bicyclic) bond motifs is 1. The molecule has 0 fully saturated rings. The van der Waals surface area contributed by atoms with Crippen molar-refractivity contribution < 1.29 is 30.8 Å². The van der Waals surface area contributed by atoms with Crippen LogP contribution in [-0.4, -0.2) is 16.4 Å². The summed E-state index contributed by atoms with van der Waals surface area (Å²) in [5, 5.41) is -2.49. The Morgan fingerprint density at radius 1 is 0.632 bits per heavy atom. The van der Waals surface area contributed by atoms with E-state index in [0.717, 1.165) is 62.7 Å². The predicted molar refractivity (Wildman–Crippen MR) is 150 cm³/mol. The van der Waals surface area contributed by atoms with Crippen LogP contribution in [0.4, 0.5) is 26.3 Å². The van der Waals surface area contributed by atoms with Crippen molar-refractivity contribution in [3.05, 3.63) is 41.0 Å². The summed E-state index contributed by atoms with van der Waals surface area (Å²) < 4.78 is 94.9. The van der Waals surface area contributed by atoms with Gasteiger partial charge in [0.05, 0.1) is 18.8 Å². The van der Waals surface area contributed by atoms with Gasteiger partial charge in [0.1, 0.15) is 5.82 Å². The number of benzene rings is 2. The first kappa shape index (κ1) is 32.7. The maximum absolute atomic E-state index is 15.6. The number of unbranched alkanes of at least 4 members (excludes halogenated alkanes) is 5. The van der Waals surface area contributed by atoms with E-state index in [1.165, 1.54) is 0 Å². The zero-order valence-electron chi connectivity index (χ0n) is 23.8. The third-order valence-corrected chi connectivity index (χ3v) is 20.2. The van der Waals surface area contributed by atoms with Gasteiger partial charge in [-0.15, -0.1) is 0 Å². The summed E-state index contributed by atoms with van der Waals surface area (Å²) in [5.41, 5.74) is -0.0530. The normalized spacial score (nSPS) is 13.9. The summed E-state index contributed by atoms with van der Waals surface area (Å²) in [7, 11) is -4.58. The Morgan fingerprint density at radius 2 is 1.21 bits per heavy atom. The fourth-order valence-corrected chi connectivity index (χ4v) is 15.3. The van der Waals surface area contributed by atoms with Gasteiger partial charge in [-0.1, -0.05) is 104 Å². The fourth-order valence-electron chi connectivity index (χ4n) is 5.61. The lowest BCUT2D eigenvalue weighted by Crippen LogP contribution is -2.47. The van der Waals surface area contributed by atoms with Gasteiger partial charge in [0.25, 0.3) is 8.32 Å². The monoisotopic (exact) mass is 578 g/mol. The predicted octanol–water partition coefficient (Wildman–Crippen LogP) is 11.3. The van der Waals surface area contributed by atoms with Crippen LogP contribution in [0.25, 0.3) is 10.8 Å². The van der Waals surface area contributed by atoms with E-state index in [0.29, 0.717) is 12.1 Å². The Bertz CT molecular complexity index is 1070. The molecule has 2 aromatic rings. The first-order chi connectivity index (χ1) is 17.9. The van der Waals surface area contributed by atoms with Crippen LogP contribution >= 0.6 is 0 Å². The Kier molecular flexibility index (Phi) is 12.3. The van der Waals surface area contributed by atoms with Gasteiger partial charge in [0.15, 0.2) is 29.0 Å². The minimum atomic E-state index is -2.96. The molecular weight excluding hydrogens is 534 g/mol. The Balaban J connectivity index is 2.60. The zero-order valence-corrected chi connectivity index (χ0v) is 25.8. The molecule has 0 spiro atoms. The molecule has 0 saturated carbocycles. The summed E-state index contributed by atoms with van der Waals surface area (Å²) in [6.45, 7) is 12.7. The van der Waals surface area contributed by atoms with Gasteiger partial charge in [0, 0.05) is 6.07 Å². The van der Waals surface area contributed by atoms with Crippen molar-refractivity contribution in [3.8, 4) is 5.75 Å². The van der Waals surface area contributed by atoms with E-state index < -0.39 is 67.8 Å². The zero-order chi connectivity index (χ0) is 28.7. The summed E-state index contributed by atoms with van der Waals surface area (Å²) in [4.78, 5) is 0. The van der Waals surface area contributed by atoms with Crippen LogP contribution in [0.5, 0.6) is 5.75 Å². The molecule has 0 aliphatic carbocycles. The second-order valence-corrected chi connectivity index (χ2v) is 21.2. The highest BCUT2D eigenvalue weighted by atomic mass is 28.4. The molecule has 0 saturated heterocycles. The van der Waals surface area contributed by atoms with E-state index >= 15 is 13.2 Å². The maximum Gasteiger partial charge on any atom is 0.253 e. The molecule has 0 N–H and O–H groups in total. The van der Waals surface area contributed by atoms with Crippen molar-refractivity contribution in [2.45, 2.75) is 122 Å². The van der Waals surface area contributed by atoms with Crippen molar-refractivity contribution in [1.29, 1.82) is 0 Å². The molecule has 0 radical (unpaired) electrons. The van der Waals surface area contributed by atoms with Gasteiger partial charge in [-0.25, -0.2) is 22.0 Å². The Hall–Kier alpha value is -1.49. The summed E-state index contributed by atoms with van der Waals surface area (Å²) in [6.07, 6.45) is 6.22. The maximum atomic E-state index is 15.6. The van der Waals surface area contributed by atoms with Crippen LogP contribution in [0.3, 0.4) is 0 Å². The molecule has 1 atom stereocenters. The smallest absolute Gasteiger partial charge is 0.253 e. The van der Waals surface area contributed by atoms with Crippen molar-refractivity contribution >= 4 is 27.2 Å². The largest absolute Gasteiger partial charge is 0.539 e. The van der Waals surface area contributed by atoms with Gasteiger partial charge in [-0.3, -0.25) is 0 Å². The van der Waals surface area contributed by atoms with E-state index in [-0.39, 0.29) is 11.6 Å². The van der Waals surface area contributed by atoms with E-state index in [2.05, 4.69) is 27.7 Å². The lowest BCUT2D eigenvalue weighted by Gasteiger charge is -2.39. The topological polar surface area (TPSA) is 9.23 Å². The second kappa shape index (κ2) is 14.2. The van der Waals surface area contributed by atoms with Crippen LogP contribution in [0, 0.1) is 34.9 Å². The number of halogens is 6. The van der Waals surface area contributed by atoms with Gasteiger partial charge >= 0.3 is 0 Å². The third-order valence-electron chi connectivity index (χ3n) is 8.84. The Morgan fingerprint density at radius 3 is 1.76 bits per heavy atom. The van der Waals surface area contributed by atoms with Gasteiger partial charge in [-0.2, -0.15) is 4.39 Å². The average molecular weight is 579 g/mol. The molecule has 0 aromatic heterocycles. The molecule has 0 aliphatic rings. The Labute approximate surface area is 226 Å². The average Bonchev–Trinajstić information content (AvgIpc) is 2.89. The number of rotatable bonds is 16. The summed E-state index contributed by atoms with van der Waals surface area (Å²) >= 11 is 0. The molecule has 216 valence electrons. The third kappa shape index (κ3) is 6.98. The SMILES string of the molecule is CCCCCCCC[Si](CC[Si](CC)(CC)CC)(Oc1c(F)c(F)c2c(F)c(F)cc(F)c2c1F)C(C)C. The summed E-state index contributed by atoms with van der Waals surface area (Å²) in [5.74, 6) is -11.1. The van der Waals surface area contributed by atoms with E-state index in [1.54, 1.807) is 0 Å². The molecule has 0 aliphatic heterocycles. The highest BCUT2D eigenvalue weighted by Gasteiger charge is 2.44. The van der Waals surface area contributed by atoms with Crippen molar-refractivity contribution in [2.75, 3.05) is 0 Å². The van der Waals surface area contributed by atoms with Crippen LogP contribution in [-0.2, 0) is 0 Å². The minimum absolute atomic E-state index is 0.0530. The second-order valence-electron chi connectivity index (χ2n) is 11.1. The quantitative estimate of drug-likeness (QED) is 0.0833. The molecule has 0 bridgehead atoms. The number of hydrogen-bond donors (Lipinski definition) is 0. The van der Waals surface area contributed by atoms with Crippen LogP contribution in [0.2, 0.25) is 41.8 Å². The van der Waals surface area contributed by atoms with Crippen molar-refractivity contribution in [2.24, 2.45) is 0 Å². The minimum Gasteiger partial charge on any atom is -0.539 e. The molecule has 0 amide bonds. The van der Waals surface area contributed by atoms with Crippen LogP contribution in [0.1, 0.15) is 80.1 Å². The number of hydrogen-bond acceptors (Lipinski definition) is 1. The van der Waals surface area contributed by atoms with Crippen LogP contribution < -0.4 is 4.43 Å². The molecule has 0 heterocycles. The van der Waals surface area contributed by atoms with Gasteiger partial charge in [-0.05, 0) is 17.6 Å². The highest BCUT2D eigenvalue weighted by Crippen LogP contribution is 2.43. The van der Waals surface area contributed by atoms with E-state index in [4.69, 9.17) is 4.43 Å². The standard InChI is InChI=1S/C29H44F6OSi2/c1-7-11-12-13-14-15-16-38(20(5)6,18-17-37(8-2,9-3)10-4)36-29-27(34)23-21(30)19-22(31)25(32)24(23)26(33)28(29)35/h19-20H,7-18H2,1-6H3. The van der Waals surface area contributed by atoms with Gasteiger partial charge < -0.3 is 4.43 Å². The molecule has 1 nitrogen and oxygen atoms in total. The molecule has 9 heteroatoms.